The molecule has 0 saturated carbocycles. The molecule has 0 unspecified atom stereocenters. The first-order valence-electron chi connectivity index (χ1n) is 9.34. The van der Waals surface area contributed by atoms with E-state index in [9.17, 15) is 4.79 Å². The molecule has 0 atom stereocenters. The van der Waals surface area contributed by atoms with Crippen LogP contribution in [0.4, 0.5) is 0 Å². The van der Waals surface area contributed by atoms with Crippen LogP contribution in [0, 0.1) is 0 Å². The van der Waals surface area contributed by atoms with Crippen molar-refractivity contribution in [1.29, 1.82) is 0 Å². The molecule has 4 aromatic heterocycles. The summed E-state index contributed by atoms with van der Waals surface area (Å²) in [5.41, 5.74) is 5.99. The Hall–Kier alpha value is -3.65. The Morgan fingerprint density at radius 2 is 1.97 bits per heavy atom. The maximum Gasteiger partial charge on any atom is 0.275 e. The molecule has 0 radical (unpaired) electrons. The fraction of sp³-hybridized carbons (Fsp3) is 0.190. The molecule has 1 N–H and O–H groups in total. The van der Waals surface area contributed by atoms with Gasteiger partial charge in [0.2, 0.25) is 0 Å². The molecule has 0 bridgehead atoms. The van der Waals surface area contributed by atoms with Crippen molar-refractivity contribution in [3.63, 3.8) is 0 Å². The van der Waals surface area contributed by atoms with Crippen LogP contribution in [0.3, 0.4) is 0 Å². The molecule has 0 aliphatic heterocycles. The van der Waals surface area contributed by atoms with Gasteiger partial charge in [0.1, 0.15) is 0 Å². The van der Waals surface area contributed by atoms with Crippen LogP contribution in [0.15, 0.2) is 61.3 Å². The number of hydrogen-bond acceptors (Lipinski definition) is 6. The molecular weight excluding hydrogens is 368 g/mol. The highest BCUT2D eigenvalue weighted by Gasteiger charge is 2.18. The smallest absolute Gasteiger partial charge is 0.273 e. The SMILES string of the molecule is CCCONC(=O)c1cc(-c2cccnc2)nc2c1cnn2Cc1cccnc1. The second-order valence-corrected chi connectivity index (χ2v) is 6.48. The molecule has 4 rings (SSSR count). The summed E-state index contributed by atoms with van der Waals surface area (Å²) in [5, 5.41) is 5.11. The number of amides is 1. The maximum absolute atomic E-state index is 12.8. The lowest BCUT2D eigenvalue weighted by Gasteiger charge is -2.09. The summed E-state index contributed by atoms with van der Waals surface area (Å²) in [4.78, 5) is 31.1. The first-order valence-corrected chi connectivity index (χ1v) is 9.34. The largest absolute Gasteiger partial charge is 0.275 e. The van der Waals surface area contributed by atoms with Gasteiger partial charge in [-0.1, -0.05) is 13.0 Å². The van der Waals surface area contributed by atoms with Gasteiger partial charge in [-0.25, -0.2) is 15.1 Å². The van der Waals surface area contributed by atoms with Crippen molar-refractivity contribution < 1.29 is 9.63 Å². The average Bonchev–Trinajstić information content (AvgIpc) is 3.17. The Balaban J connectivity index is 1.79. The molecule has 0 fully saturated rings. The minimum Gasteiger partial charge on any atom is -0.273 e. The van der Waals surface area contributed by atoms with Crippen LogP contribution < -0.4 is 5.48 Å². The third-order valence-corrected chi connectivity index (χ3v) is 4.34. The summed E-state index contributed by atoms with van der Waals surface area (Å²) in [5.74, 6) is -0.336. The number of carbonyl (C=O) groups excluding carboxylic acids is 1. The second-order valence-electron chi connectivity index (χ2n) is 6.48. The van der Waals surface area contributed by atoms with Gasteiger partial charge in [0.15, 0.2) is 5.65 Å². The van der Waals surface area contributed by atoms with Gasteiger partial charge < -0.3 is 0 Å². The maximum atomic E-state index is 12.8. The van der Waals surface area contributed by atoms with Gasteiger partial charge in [-0.3, -0.25) is 19.6 Å². The molecule has 0 saturated heterocycles. The first-order chi connectivity index (χ1) is 14.3. The fourth-order valence-corrected chi connectivity index (χ4v) is 2.95. The molecule has 29 heavy (non-hydrogen) atoms. The molecule has 0 spiro atoms. The number of nitrogens with one attached hydrogen (secondary N) is 1. The van der Waals surface area contributed by atoms with Gasteiger partial charge in [-0.05, 0) is 36.2 Å². The van der Waals surface area contributed by atoms with Crippen LogP contribution in [0.25, 0.3) is 22.3 Å². The van der Waals surface area contributed by atoms with E-state index in [-0.39, 0.29) is 5.91 Å². The second kappa shape index (κ2) is 8.57. The van der Waals surface area contributed by atoms with Gasteiger partial charge >= 0.3 is 0 Å². The highest BCUT2D eigenvalue weighted by atomic mass is 16.6. The number of hydroxylamine groups is 1. The van der Waals surface area contributed by atoms with Gasteiger partial charge in [-0.2, -0.15) is 5.10 Å². The van der Waals surface area contributed by atoms with E-state index >= 15 is 0 Å². The van der Waals surface area contributed by atoms with Crippen LogP contribution in [-0.2, 0) is 11.4 Å². The Bertz CT molecular complexity index is 1110. The number of aromatic nitrogens is 5. The minimum atomic E-state index is -0.336. The molecule has 146 valence electrons. The number of rotatable bonds is 7. The Labute approximate surface area is 167 Å². The van der Waals surface area contributed by atoms with E-state index in [1.165, 1.54) is 0 Å². The van der Waals surface area contributed by atoms with E-state index in [1.54, 1.807) is 41.7 Å². The monoisotopic (exact) mass is 388 g/mol. The van der Waals surface area contributed by atoms with Crippen molar-refractivity contribution in [2.45, 2.75) is 19.9 Å². The molecule has 4 heterocycles. The van der Waals surface area contributed by atoms with Gasteiger partial charge in [-0.15, -0.1) is 0 Å². The van der Waals surface area contributed by atoms with Gasteiger partial charge in [0.05, 0.1) is 36.0 Å². The summed E-state index contributed by atoms with van der Waals surface area (Å²) in [6.45, 7) is 2.91. The van der Waals surface area contributed by atoms with E-state index in [0.717, 1.165) is 17.5 Å². The zero-order valence-corrected chi connectivity index (χ0v) is 15.9. The fourth-order valence-electron chi connectivity index (χ4n) is 2.95. The van der Waals surface area contributed by atoms with Crippen molar-refractivity contribution in [1.82, 2.24) is 30.2 Å². The van der Waals surface area contributed by atoms with Crippen LogP contribution in [-0.4, -0.2) is 37.2 Å². The predicted molar refractivity (Wildman–Crippen MR) is 108 cm³/mol. The summed E-state index contributed by atoms with van der Waals surface area (Å²) in [6.07, 6.45) is 9.37. The molecule has 1 amide bonds. The van der Waals surface area contributed by atoms with Crippen LogP contribution in [0.5, 0.6) is 0 Å². The Morgan fingerprint density at radius 3 is 2.69 bits per heavy atom. The van der Waals surface area contributed by atoms with Crippen LogP contribution in [0.1, 0.15) is 29.3 Å². The normalized spacial score (nSPS) is 10.9. The number of pyridine rings is 3. The molecule has 4 aromatic rings. The van der Waals surface area contributed by atoms with Crippen molar-refractivity contribution in [2.75, 3.05) is 6.61 Å². The van der Waals surface area contributed by atoms with Crippen molar-refractivity contribution in [3.05, 3.63) is 72.4 Å². The summed E-state index contributed by atoms with van der Waals surface area (Å²) < 4.78 is 1.76. The zero-order valence-electron chi connectivity index (χ0n) is 15.9. The lowest BCUT2D eigenvalue weighted by atomic mass is 10.1. The number of carbonyl (C=O) groups is 1. The minimum absolute atomic E-state index is 0.336. The topological polar surface area (TPSA) is 94.8 Å². The van der Waals surface area contributed by atoms with E-state index in [0.29, 0.717) is 35.4 Å². The van der Waals surface area contributed by atoms with E-state index in [1.807, 2.05) is 31.2 Å². The quantitative estimate of drug-likeness (QED) is 0.386. The first kappa shape index (κ1) is 18.7. The lowest BCUT2D eigenvalue weighted by molar-refractivity contribution is 0.0316. The highest BCUT2D eigenvalue weighted by molar-refractivity contribution is 6.06. The van der Waals surface area contributed by atoms with E-state index < -0.39 is 0 Å². The van der Waals surface area contributed by atoms with Crippen molar-refractivity contribution in [3.8, 4) is 11.3 Å². The molecule has 0 aliphatic carbocycles. The number of hydrogen-bond donors (Lipinski definition) is 1. The van der Waals surface area contributed by atoms with Crippen LogP contribution >= 0.6 is 0 Å². The number of fused-ring (bicyclic) bond motifs is 1. The van der Waals surface area contributed by atoms with Gasteiger partial charge in [0.25, 0.3) is 5.91 Å². The van der Waals surface area contributed by atoms with Crippen molar-refractivity contribution >= 4 is 16.9 Å². The average molecular weight is 388 g/mol. The summed E-state index contributed by atoms with van der Waals surface area (Å²) in [7, 11) is 0. The number of nitrogens with zero attached hydrogens (tertiary/aromatic N) is 5. The van der Waals surface area contributed by atoms with E-state index in [4.69, 9.17) is 9.82 Å². The molecule has 0 aliphatic rings. The molecule has 8 nitrogen and oxygen atoms in total. The zero-order chi connectivity index (χ0) is 20.1. The third-order valence-electron chi connectivity index (χ3n) is 4.34. The summed E-state index contributed by atoms with van der Waals surface area (Å²) >= 11 is 0. The van der Waals surface area contributed by atoms with E-state index in [2.05, 4.69) is 20.5 Å². The molecular formula is C21H20N6O2. The molecule has 0 aromatic carbocycles. The van der Waals surface area contributed by atoms with Gasteiger partial charge in [0, 0.05) is 30.4 Å². The molecule has 8 heteroatoms. The lowest BCUT2D eigenvalue weighted by Crippen LogP contribution is -2.24. The summed E-state index contributed by atoms with van der Waals surface area (Å²) in [6, 6.07) is 9.31. The Morgan fingerprint density at radius 1 is 1.14 bits per heavy atom. The Kier molecular flexibility index (Phi) is 5.53. The van der Waals surface area contributed by atoms with Crippen molar-refractivity contribution in [2.24, 2.45) is 0 Å². The standard InChI is InChI=1S/C21H20N6O2/c1-2-9-29-26-21(28)17-10-19(16-6-4-8-23-12-16)25-20-18(17)13-24-27(20)14-15-5-3-7-22-11-15/h3-8,10-13H,2,9,14H2,1H3,(H,26,28). The highest BCUT2D eigenvalue weighted by Crippen LogP contribution is 2.25. The predicted octanol–water partition coefficient (Wildman–Crippen LogP) is 3.01. The third kappa shape index (κ3) is 4.12. The van der Waals surface area contributed by atoms with Crippen LogP contribution in [0.2, 0.25) is 0 Å².